The second-order valence-electron chi connectivity index (χ2n) is 7.60. The van der Waals surface area contributed by atoms with Gasteiger partial charge in [-0.2, -0.15) is 0 Å². The lowest BCUT2D eigenvalue weighted by Gasteiger charge is -2.29. The van der Waals surface area contributed by atoms with Crippen molar-refractivity contribution in [1.82, 2.24) is 16.0 Å². The highest BCUT2D eigenvalue weighted by molar-refractivity contribution is 5.91. The lowest BCUT2D eigenvalue weighted by atomic mass is 9.95. The highest BCUT2D eigenvalue weighted by Crippen LogP contribution is 2.30. The zero-order valence-electron chi connectivity index (χ0n) is 16.4. The molecule has 0 bridgehead atoms. The van der Waals surface area contributed by atoms with E-state index in [4.69, 9.17) is 0 Å². The number of amides is 3. The summed E-state index contributed by atoms with van der Waals surface area (Å²) in [6.07, 6.45) is 3.25. The summed E-state index contributed by atoms with van der Waals surface area (Å²) in [5, 5.41) is 8.89. The molecular formula is C23H29N3O2. The van der Waals surface area contributed by atoms with E-state index in [9.17, 15) is 9.59 Å². The van der Waals surface area contributed by atoms with E-state index >= 15 is 0 Å². The average Bonchev–Trinajstić information content (AvgIpc) is 3.21. The number of carbonyl (C=O) groups excluding carboxylic acids is 2. The molecule has 1 fully saturated rings. The maximum Gasteiger partial charge on any atom is 0.315 e. The Balaban J connectivity index is 1.55. The van der Waals surface area contributed by atoms with E-state index in [1.807, 2.05) is 48.5 Å². The Bertz CT molecular complexity index is 771. The molecule has 0 aliphatic heterocycles. The molecule has 5 heteroatoms. The number of nitrogens with one attached hydrogen (secondary N) is 3. The van der Waals surface area contributed by atoms with E-state index in [0.29, 0.717) is 25.9 Å². The molecule has 5 nitrogen and oxygen atoms in total. The van der Waals surface area contributed by atoms with Gasteiger partial charge in [0.25, 0.3) is 0 Å². The van der Waals surface area contributed by atoms with Gasteiger partial charge >= 0.3 is 6.03 Å². The highest BCUT2D eigenvalue weighted by Gasteiger charge is 2.42. The van der Waals surface area contributed by atoms with Gasteiger partial charge in [0.05, 0.1) is 0 Å². The van der Waals surface area contributed by atoms with Gasteiger partial charge in [-0.15, -0.1) is 0 Å². The number of rotatable bonds is 7. The Hall–Kier alpha value is -2.82. The maximum atomic E-state index is 13.0. The van der Waals surface area contributed by atoms with Gasteiger partial charge in [0.15, 0.2) is 0 Å². The van der Waals surface area contributed by atoms with Crippen LogP contribution in [0.4, 0.5) is 4.79 Å². The van der Waals surface area contributed by atoms with Crippen LogP contribution >= 0.6 is 0 Å². The van der Waals surface area contributed by atoms with Crippen LogP contribution in [0.15, 0.2) is 60.7 Å². The molecular weight excluding hydrogens is 350 g/mol. The first kappa shape index (κ1) is 19.9. The summed E-state index contributed by atoms with van der Waals surface area (Å²) in [7, 11) is 0. The lowest BCUT2D eigenvalue weighted by molar-refractivity contribution is -0.127. The SMILES string of the molecule is CC(CNC(=O)C1(NC(=O)NCc2ccccc2)CCCC1)c1ccccc1. The van der Waals surface area contributed by atoms with Crippen molar-refractivity contribution >= 4 is 11.9 Å². The van der Waals surface area contributed by atoms with E-state index in [1.165, 1.54) is 5.56 Å². The van der Waals surface area contributed by atoms with E-state index in [-0.39, 0.29) is 17.9 Å². The summed E-state index contributed by atoms with van der Waals surface area (Å²) in [5.41, 5.74) is 1.41. The van der Waals surface area contributed by atoms with Crippen molar-refractivity contribution < 1.29 is 9.59 Å². The van der Waals surface area contributed by atoms with Gasteiger partial charge in [-0.3, -0.25) is 4.79 Å². The summed E-state index contributed by atoms with van der Waals surface area (Å²) >= 11 is 0. The number of hydrogen-bond donors (Lipinski definition) is 3. The summed E-state index contributed by atoms with van der Waals surface area (Å²) in [6.45, 7) is 3.09. The molecule has 1 aliphatic carbocycles. The Morgan fingerprint density at radius 2 is 1.54 bits per heavy atom. The first-order valence-electron chi connectivity index (χ1n) is 10.0. The molecule has 0 spiro atoms. The quantitative estimate of drug-likeness (QED) is 0.686. The molecule has 0 aromatic heterocycles. The predicted octanol–water partition coefficient (Wildman–Crippen LogP) is 3.72. The van der Waals surface area contributed by atoms with Gasteiger partial charge in [0, 0.05) is 13.1 Å². The van der Waals surface area contributed by atoms with Crippen LogP contribution in [0, 0.1) is 0 Å². The van der Waals surface area contributed by atoms with Gasteiger partial charge in [0.1, 0.15) is 5.54 Å². The number of benzene rings is 2. The minimum Gasteiger partial charge on any atom is -0.353 e. The zero-order valence-corrected chi connectivity index (χ0v) is 16.4. The van der Waals surface area contributed by atoms with Crippen molar-refractivity contribution in [2.45, 2.75) is 50.6 Å². The van der Waals surface area contributed by atoms with Crippen molar-refractivity contribution in [1.29, 1.82) is 0 Å². The fraction of sp³-hybridized carbons (Fsp3) is 0.391. The third-order valence-electron chi connectivity index (χ3n) is 5.48. The van der Waals surface area contributed by atoms with E-state index in [0.717, 1.165) is 18.4 Å². The average molecular weight is 380 g/mol. The van der Waals surface area contributed by atoms with Crippen LogP contribution in [-0.2, 0) is 11.3 Å². The second kappa shape index (κ2) is 9.40. The van der Waals surface area contributed by atoms with Crippen molar-refractivity contribution in [2.75, 3.05) is 6.54 Å². The van der Waals surface area contributed by atoms with Crippen LogP contribution in [0.25, 0.3) is 0 Å². The van der Waals surface area contributed by atoms with Gasteiger partial charge in [-0.05, 0) is 29.9 Å². The molecule has 0 heterocycles. The van der Waals surface area contributed by atoms with Crippen molar-refractivity contribution in [3.8, 4) is 0 Å². The molecule has 28 heavy (non-hydrogen) atoms. The monoisotopic (exact) mass is 379 g/mol. The Morgan fingerprint density at radius 3 is 2.18 bits per heavy atom. The normalized spacial score (nSPS) is 16.2. The van der Waals surface area contributed by atoms with Crippen LogP contribution in [0.5, 0.6) is 0 Å². The molecule has 1 atom stereocenters. The molecule has 1 saturated carbocycles. The van der Waals surface area contributed by atoms with Crippen LogP contribution in [0.1, 0.15) is 49.7 Å². The largest absolute Gasteiger partial charge is 0.353 e. The summed E-state index contributed by atoms with van der Waals surface area (Å²) in [4.78, 5) is 25.4. The number of carbonyl (C=O) groups is 2. The van der Waals surface area contributed by atoms with Crippen molar-refractivity contribution in [3.05, 3.63) is 71.8 Å². The third-order valence-corrected chi connectivity index (χ3v) is 5.48. The van der Waals surface area contributed by atoms with E-state index < -0.39 is 5.54 Å². The minimum atomic E-state index is -0.808. The molecule has 0 radical (unpaired) electrons. The Labute approximate surface area is 166 Å². The fourth-order valence-electron chi connectivity index (χ4n) is 3.74. The summed E-state index contributed by atoms with van der Waals surface area (Å²) < 4.78 is 0. The maximum absolute atomic E-state index is 13.0. The smallest absolute Gasteiger partial charge is 0.315 e. The highest BCUT2D eigenvalue weighted by atomic mass is 16.2. The minimum absolute atomic E-state index is 0.0809. The Kier molecular flexibility index (Phi) is 6.69. The predicted molar refractivity (Wildman–Crippen MR) is 111 cm³/mol. The third kappa shape index (κ3) is 5.12. The van der Waals surface area contributed by atoms with Crippen LogP contribution in [0.3, 0.4) is 0 Å². The van der Waals surface area contributed by atoms with E-state index in [1.54, 1.807) is 0 Å². The van der Waals surface area contributed by atoms with Gasteiger partial charge in [0.2, 0.25) is 5.91 Å². The molecule has 1 aliphatic rings. The summed E-state index contributed by atoms with van der Waals surface area (Å²) in [6, 6.07) is 19.6. The summed E-state index contributed by atoms with van der Waals surface area (Å²) in [5.74, 6) is 0.137. The number of hydrogen-bond acceptors (Lipinski definition) is 2. The first-order chi connectivity index (χ1) is 13.6. The zero-order chi connectivity index (χ0) is 19.8. The lowest BCUT2D eigenvalue weighted by Crippen LogP contribution is -2.59. The molecule has 1 unspecified atom stereocenters. The van der Waals surface area contributed by atoms with E-state index in [2.05, 4.69) is 35.0 Å². The standard InChI is InChI=1S/C23H29N3O2/c1-18(20-12-6-3-7-13-20)16-24-21(27)23(14-8-9-15-23)26-22(28)25-17-19-10-4-2-5-11-19/h2-7,10-13,18H,8-9,14-17H2,1H3,(H,24,27)(H2,25,26,28). The molecule has 0 saturated heterocycles. The topological polar surface area (TPSA) is 70.2 Å². The second-order valence-corrected chi connectivity index (χ2v) is 7.60. The molecule has 2 aromatic carbocycles. The molecule has 3 rings (SSSR count). The molecule has 3 N–H and O–H groups in total. The van der Waals surface area contributed by atoms with Gasteiger partial charge in [-0.1, -0.05) is 80.4 Å². The Morgan fingerprint density at radius 1 is 0.929 bits per heavy atom. The van der Waals surface area contributed by atoms with Crippen LogP contribution in [0.2, 0.25) is 0 Å². The van der Waals surface area contributed by atoms with Gasteiger partial charge in [-0.25, -0.2) is 4.79 Å². The molecule has 2 aromatic rings. The van der Waals surface area contributed by atoms with Crippen LogP contribution in [-0.4, -0.2) is 24.0 Å². The first-order valence-corrected chi connectivity index (χ1v) is 10.0. The fourth-order valence-corrected chi connectivity index (χ4v) is 3.74. The van der Waals surface area contributed by atoms with Gasteiger partial charge < -0.3 is 16.0 Å². The molecule has 3 amide bonds. The molecule has 148 valence electrons. The van der Waals surface area contributed by atoms with Crippen molar-refractivity contribution in [3.63, 3.8) is 0 Å². The van der Waals surface area contributed by atoms with Crippen molar-refractivity contribution in [2.24, 2.45) is 0 Å². The van der Waals surface area contributed by atoms with Crippen LogP contribution < -0.4 is 16.0 Å². The number of urea groups is 1.